The molecule has 0 aliphatic carbocycles. The van der Waals surface area contributed by atoms with Gasteiger partial charge in [-0.15, -0.1) is 12.4 Å². The maximum absolute atomic E-state index is 13.7. The lowest BCUT2D eigenvalue weighted by Crippen LogP contribution is -2.49. The minimum absolute atomic E-state index is 0. The number of nitrogens with one attached hydrogen (secondary N) is 2. The van der Waals surface area contributed by atoms with E-state index in [-0.39, 0.29) is 36.6 Å². The summed E-state index contributed by atoms with van der Waals surface area (Å²) in [5.74, 6) is -0.443. The molecule has 0 spiro atoms. The number of hydrogen-bond acceptors (Lipinski definition) is 3. The van der Waals surface area contributed by atoms with Crippen LogP contribution in [-0.2, 0) is 4.79 Å². The van der Waals surface area contributed by atoms with Crippen LogP contribution in [0.1, 0.15) is 35.2 Å². The topological polar surface area (TPSA) is 87.5 Å². The molecule has 29 heavy (non-hydrogen) atoms. The highest BCUT2D eigenvalue weighted by atomic mass is 35.5. The predicted octanol–water partition coefficient (Wildman–Crippen LogP) is 2.83. The van der Waals surface area contributed by atoms with Crippen molar-refractivity contribution >= 4 is 24.3 Å². The molecule has 3 rings (SSSR count). The Morgan fingerprint density at radius 1 is 1.28 bits per heavy atom. The zero-order chi connectivity index (χ0) is 20.1. The summed E-state index contributed by atoms with van der Waals surface area (Å²) in [4.78, 5) is 26.4. The Balaban J connectivity index is 0.00000300. The van der Waals surface area contributed by atoms with Crippen LogP contribution >= 0.6 is 12.4 Å². The second-order valence-corrected chi connectivity index (χ2v) is 6.98. The molecule has 1 saturated heterocycles. The summed E-state index contributed by atoms with van der Waals surface area (Å²) in [7, 11) is 0. The van der Waals surface area contributed by atoms with Gasteiger partial charge in [0.25, 0.3) is 0 Å². The van der Waals surface area contributed by atoms with Crippen molar-refractivity contribution in [2.24, 2.45) is 5.73 Å². The number of aryl methyl sites for hydroxylation is 1. The molecular formula is C21H26ClFN4O2. The summed E-state index contributed by atoms with van der Waals surface area (Å²) in [6, 6.07) is 12.4. The molecule has 2 aromatic carbocycles. The molecule has 0 bridgehead atoms. The van der Waals surface area contributed by atoms with Gasteiger partial charge in [0.1, 0.15) is 5.82 Å². The number of hydrogen-bond donors (Lipinski definition) is 3. The van der Waals surface area contributed by atoms with Crippen LogP contribution in [0.15, 0.2) is 48.5 Å². The van der Waals surface area contributed by atoms with E-state index in [1.165, 1.54) is 12.1 Å². The van der Waals surface area contributed by atoms with Gasteiger partial charge in [0, 0.05) is 19.6 Å². The van der Waals surface area contributed by atoms with Crippen molar-refractivity contribution < 1.29 is 14.0 Å². The van der Waals surface area contributed by atoms with E-state index in [4.69, 9.17) is 5.73 Å². The number of piperazine rings is 1. The first-order chi connectivity index (χ1) is 13.5. The van der Waals surface area contributed by atoms with Crippen molar-refractivity contribution in [3.05, 3.63) is 71.0 Å². The average Bonchev–Trinajstić information content (AvgIpc) is 2.67. The summed E-state index contributed by atoms with van der Waals surface area (Å²) in [6.07, 6.45) is 0.0829. The molecular weight excluding hydrogens is 395 g/mol. The number of rotatable bonds is 5. The fourth-order valence-corrected chi connectivity index (χ4v) is 3.69. The number of carbonyl (C=O) groups is 2. The molecule has 6 nitrogen and oxygen atoms in total. The van der Waals surface area contributed by atoms with Gasteiger partial charge in [0.2, 0.25) is 5.91 Å². The first kappa shape index (κ1) is 22.6. The number of urea groups is 1. The Bertz CT molecular complexity index is 864. The third-order valence-electron chi connectivity index (χ3n) is 5.06. The van der Waals surface area contributed by atoms with E-state index < -0.39 is 12.1 Å². The average molecular weight is 421 g/mol. The highest BCUT2D eigenvalue weighted by Crippen LogP contribution is 2.27. The Kier molecular flexibility index (Phi) is 7.99. The molecule has 2 unspecified atom stereocenters. The lowest BCUT2D eigenvalue weighted by molar-refractivity contribution is -0.135. The van der Waals surface area contributed by atoms with Crippen LogP contribution in [-0.4, -0.2) is 36.5 Å². The predicted molar refractivity (Wildman–Crippen MR) is 112 cm³/mol. The number of primary amides is 1. The molecule has 2 aromatic rings. The van der Waals surface area contributed by atoms with Gasteiger partial charge < -0.3 is 21.3 Å². The monoisotopic (exact) mass is 420 g/mol. The van der Waals surface area contributed by atoms with E-state index >= 15 is 0 Å². The molecule has 2 atom stereocenters. The van der Waals surface area contributed by atoms with Crippen LogP contribution in [0.25, 0.3) is 0 Å². The molecule has 1 heterocycles. The zero-order valence-electron chi connectivity index (χ0n) is 16.2. The summed E-state index contributed by atoms with van der Waals surface area (Å²) in [6.45, 7) is 3.65. The second-order valence-electron chi connectivity index (χ2n) is 6.98. The maximum atomic E-state index is 13.7. The van der Waals surface area contributed by atoms with Crippen LogP contribution in [0, 0.1) is 12.7 Å². The van der Waals surface area contributed by atoms with Gasteiger partial charge in [-0.2, -0.15) is 0 Å². The highest BCUT2D eigenvalue weighted by molar-refractivity contribution is 5.85. The molecule has 0 saturated carbocycles. The first-order valence-electron chi connectivity index (χ1n) is 9.33. The molecule has 0 radical (unpaired) electrons. The molecule has 8 heteroatoms. The number of nitrogens with two attached hydrogens (primary N) is 1. The van der Waals surface area contributed by atoms with Crippen molar-refractivity contribution in [1.29, 1.82) is 0 Å². The van der Waals surface area contributed by atoms with Crippen LogP contribution in [0.2, 0.25) is 0 Å². The zero-order valence-corrected chi connectivity index (χ0v) is 17.0. The van der Waals surface area contributed by atoms with Crippen LogP contribution in [0.3, 0.4) is 0 Å². The van der Waals surface area contributed by atoms with Crippen molar-refractivity contribution in [3.8, 4) is 0 Å². The SMILES string of the molecule is Cc1ccccc1C(CC(=O)N1CCNCC1c1cccc(F)c1)NC(N)=O.Cl. The van der Waals surface area contributed by atoms with Gasteiger partial charge in [0.05, 0.1) is 18.5 Å². The van der Waals surface area contributed by atoms with Crippen molar-refractivity contribution in [2.75, 3.05) is 19.6 Å². The third kappa shape index (κ3) is 5.68. The van der Waals surface area contributed by atoms with Gasteiger partial charge in [0.15, 0.2) is 0 Å². The quantitative estimate of drug-likeness (QED) is 0.695. The van der Waals surface area contributed by atoms with E-state index in [0.29, 0.717) is 19.6 Å². The second kappa shape index (κ2) is 10.2. The van der Waals surface area contributed by atoms with E-state index in [1.807, 2.05) is 37.3 Å². The van der Waals surface area contributed by atoms with Crippen LogP contribution < -0.4 is 16.4 Å². The molecule has 1 aliphatic rings. The molecule has 4 N–H and O–H groups in total. The summed E-state index contributed by atoms with van der Waals surface area (Å²) < 4.78 is 13.7. The minimum atomic E-state index is -0.678. The maximum Gasteiger partial charge on any atom is 0.312 e. The number of nitrogens with zero attached hydrogens (tertiary/aromatic N) is 1. The Labute approximate surface area is 176 Å². The number of amides is 3. The number of halogens is 2. The Morgan fingerprint density at radius 3 is 2.72 bits per heavy atom. The lowest BCUT2D eigenvalue weighted by Gasteiger charge is -2.37. The van der Waals surface area contributed by atoms with Gasteiger partial charge in [-0.25, -0.2) is 9.18 Å². The molecule has 1 fully saturated rings. The summed E-state index contributed by atoms with van der Waals surface area (Å²) in [5.41, 5.74) is 7.91. The van der Waals surface area contributed by atoms with E-state index in [0.717, 1.165) is 16.7 Å². The van der Waals surface area contributed by atoms with Gasteiger partial charge >= 0.3 is 6.03 Å². The first-order valence-corrected chi connectivity index (χ1v) is 9.33. The largest absolute Gasteiger partial charge is 0.352 e. The van der Waals surface area contributed by atoms with Crippen molar-refractivity contribution in [3.63, 3.8) is 0 Å². The van der Waals surface area contributed by atoms with Gasteiger partial charge in [-0.3, -0.25) is 4.79 Å². The smallest absolute Gasteiger partial charge is 0.312 e. The highest BCUT2D eigenvalue weighted by Gasteiger charge is 2.30. The van der Waals surface area contributed by atoms with E-state index in [2.05, 4.69) is 10.6 Å². The number of benzene rings is 2. The summed E-state index contributed by atoms with van der Waals surface area (Å²) >= 11 is 0. The Morgan fingerprint density at radius 2 is 2.03 bits per heavy atom. The minimum Gasteiger partial charge on any atom is -0.352 e. The van der Waals surface area contributed by atoms with Crippen molar-refractivity contribution in [2.45, 2.75) is 25.4 Å². The number of carbonyl (C=O) groups excluding carboxylic acids is 2. The lowest BCUT2D eigenvalue weighted by atomic mass is 9.97. The third-order valence-corrected chi connectivity index (χ3v) is 5.06. The van der Waals surface area contributed by atoms with Crippen molar-refractivity contribution in [1.82, 2.24) is 15.5 Å². The molecule has 3 amide bonds. The van der Waals surface area contributed by atoms with Gasteiger partial charge in [-0.1, -0.05) is 36.4 Å². The fourth-order valence-electron chi connectivity index (χ4n) is 3.69. The molecule has 1 aliphatic heterocycles. The fraction of sp³-hybridized carbons (Fsp3) is 0.333. The molecule has 0 aromatic heterocycles. The van der Waals surface area contributed by atoms with Crippen LogP contribution in [0.5, 0.6) is 0 Å². The Hall–Kier alpha value is -2.64. The van der Waals surface area contributed by atoms with Gasteiger partial charge in [-0.05, 0) is 35.7 Å². The van der Waals surface area contributed by atoms with E-state index in [9.17, 15) is 14.0 Å². The normalized spacial score (nSPS) is 17.2. The van der Waals surface area contributed by atoms with E-state index in [1.54, 1.807) is 11.0 Å². The van der Waals surface area contributed by atoms with Crippen LogP contribution in [0.4, 0.5) is 9.18 Å². The standard InChI is InChI=1S/C21H25FN4O2.ClH/c1-14-5-2-3-8-17(14)18(25-21(23)28)12-20(27)26-10-9-24-13-19(26)15-6-4-7-16(22)11-15;/h2-8,11,18-19,24H,9-10,12-13H2,1H3,(H3,23,25,28);1H. The summed E-state index contributed by atoms with van der Waals surface area (Å²) in [5, 5.41) is 5.94. The molecule has 156 valence electrons.